The normalized spacial score (nSPS) is 11.6. The fourth-order valence-corrected chi connectivity index (χ4v) is 5.60. The van der Waals surface area contributed by atoms with Gasteiger partial charge in [0, 0.05) is 35.7 Å². The summed E-state index contributed by atoms with van der Waals surface area (Å²) in [6.45, 7) is 9.50. The third-order valence-electron chi connectivity index (χ3n) is 5.75. The molecule has 0 aliphatic heterocycles. The number of pyridine rings is 1. The van der Waals surface area contributed by atoms with Gasteiger partial charge >= 0.3 is 0 Å². The Morgan fingerprint density at radius 3 is 2.20 bits per heavy atom. The van der Waals surface area contributed by atoms with Crippen molar-refractivity contribution in [3.05, 3.63) is 69.0 Å². The molecule has 10 heteroatoms. The summed E-state index contributed by atoms with van der Waals surface area (Å²) < 4.78 is 27.2. The highest BCUT2D eigenvalue weighted by Crippen LogP contribution is 2.23. The van der Waals surface area contributed by atoms with Crippen molar-refractivity contribution in [2.45, 2.75) is 39.5 Å². The number of H-pyrrole nitrogens is 1. The second-order valence-corrected chi connectivity index (χ2v) is 10.3. The molecule has 2 amide bonds. The van der Waals surface area contributed by atoms with E-state index in [0.717, 1.165) is 22.8 Å². The zero-order valence-electron chi connectivity index (χ0n) is 20.5. The number of carbonyl (C=O) groups excluding carboxylic acids is 2. The van der Waals surface area contributed by atoms with E-state index in [1.54, 1.807) is 13.8 Å². The molecular weight excluding hydrogens is 468 g/mol. The van der Waals surface area contributed by atoms with E-state index < -0.39 is 27.4 Å². The molecule has 0 fully saturated rings. The largest absolute Gasteiger partial charge is 0.343 e. The predicted molar refractivity (Wildman–Crippen MR) is 136 cm³/mol. The highest BCUT2D eigenvalue weighted by Gasteiger charge is 2.23. The zero-order chi connectivity index (χ0) is 25.9. The third-order valence-corrected chi connectivity index (χ3v) is 7.80. The summed E-state index contributed by atoms with van der Waals surface area (Å²) in [5.74, 6) is -1.08. The van der Waals surface area contributed by atoms with Crippen LogP contribution < -0.4 is 16.2 Å². The molecule has 0 unspecified atom stereocenters. The molecule has 1 heterocycles. The lowest BCUT2D eigenvalue weighted by molar-refractivity contribution is -0.115. The smallest absolute Gasteiger partial charge is 0.252 e. The monoisotopic (exact) mass is 498 g/mol. The molecule has 0 aliphatic carbocycles. The van der Waals surface area contributed by atoms with E-state index in [0.29, 0.717) is 24.3 Å². The predicted octanol–water partition coefficient (Wildman–Crippen LogP) is 2.85. The molecule has 0 saturated carbocycles. The summed E-state index contributed by atoms with van der Waals surface area (Å²) >= 11 is 0. The van der Waals surface area contributed by atoms with Crippen molar-refractivity contribution in [1.29, 1.82) is 0 Å². The van der Waals surface area contributed by atoms with Crippen LogP contribution in [0.15, 0.2) is 46.1 Å². The van der Waals surface area contributed by atoms with Crippen LogP contribution in [0.1, 0.15) is 40.9 Å². The van der Waals surface area contributed by atoms with Crippen molar-refractivity contribution in [1.82, 2.24) is 14.6 Å². The van der Waals surface area contributed by atoms with E-state index in [1.165, 1.54) is 22.5 Å². The van der Waals surface area contributed by atoms with Gasteiger partial charge in [-0.2, -0.15) is 4.31 Å². The first kappa shape index (κ1) is 26.1. The maximum atomic E-state index is 13.0. The fourth-order valence-electron chi connectivity index (χ4n) is 4.11. The number of aromatic nitrogens is 1. The molecule has 9 nitrogen and oxygen atoms in total. The molecular formula is C25H30N4O5S. The van der Waals surface area contributed by atoms with Gasteiger partial charge in [-0.3, -0.25) is 14.4 Å². The van der Waals surface area contributed by atoms with E-state index in [1.807, 2.05) is 32.9 Å². The number of nitrogens with one attached hydrogen (secondary N) is 3. The Labute approximate surface area is 204 Å². The molecule has 0 aliphatic rings. The van der Waals surface area contributed by atoms with Crippen LogP contribution in [0.3, 0.4) is 0 Å². The van der Waals surface area contributed by atoms with E-state index in [9.17, 15) is 22.8 Å². The Balaban J connectivity index is 1.88. The number of sulfonamides is 1. The Morgan fingerprint density at radius 1 is 0.971 bits per heavy atom. The summed E-state index contributed by atoms with van der Waals surface area (Å²) in [5, 5.41) is 5.60. The van der Waals surface area contributed by atoms with E-state index >= 15 is 0 Å². The molecule has 3 N–H and O–H groups in total. The summed E-state index contributed by atoms with van der Waals surface area (Å²) in [7, 11) is -3.77. The molecule has 2 aromatic carbocycles. The van der Waals surface area contributed by atoms with Gasteiger partial charge in [-0.05, 0) is 50.1 Å². The van der Waals surface area contributed by atoms with E-state index in [2.05, 4.69) is 15.6 Å². The Hall–Kier alpha value is -3.50. The van der Waals surface area contributed by atoms with Gasteiger partial charge in [0.15, 0.2) is 0 Å². The second-order valence-electron chi connectivity index (χ2n) is 8.35. The molecule has 0 bridgehead atoms. The molecule has 0 radical (unpaired) electrons. The van der Waals surface area contributed by atoms with Crippen LogP contribution in [-0.2, 0) is 14.8 Å². The number of nitrogens with zero attached hydrogens (tertiary/aromatic N) is 1. The van der Waals surface area contributed by atoms with Gasteiger partial charge < -0.3 is 15.6 Å². The van der Waals surface area contributed by atoms with Crippen LogP contribution in [0.5, 0.6) is 0 Å². The minimum atomic E-state index is -3.77. The average Bonchev–Trinajstić information content (AvgIpc) is 2.79. The zero-order valence-corrected chi connectivity index (χ0v) is 21.3. The number of hydrogen-bond acceptors (Lipinski definition) is 5. The van der Waals surface area contributed by atoms with Crippen LogP contribution in [0, 0.1) is 20.8 Å². The first-order valence-corrected chi connectivity index (χ1v) is 12.7. The van der Waals surface area contributed by atoms with Crippen molar-refractivity contribution >= 4 is 38.4 Å². The van der Waals surface area contributed by atoms with Crippen molar-refractivity contribution in [3.8, 4) is 0 Å². The molecule has 0 saturated heterocycles. The molecule has 3 aromatic rings. The minimum Gasteiger partial charge on any atom is -0.343 e. The number of amides is 2. The molecule has 0 spiro atoms. The number of aromatic amines is 1. The van der Waals surface area contributed by atoms with Crippen molar-refractivity contribution in [2.24, 2.45) is 0 Å². The number of fused-ring (bicyclic) bond motifs is 1. The Bertz CT molecular complexity index is 1430. The summed E-state index contributed by atoms with van der Waals surface area (Å²) in [4.78, 5) is 40.2. The van der Waals surface area contributed by atoms with Crippen molar-refractivity contribution in [2.75, 3.05) is 25.0 Å². The van der Waals surface area contributed by atoms with Crippen LogP contribution in [0.4, 0.5) is 5.69 Å². The molecule has 3 rings (SSSR count). The highest BCUT2D eigenvalue weighted by molar-refractivity contribution is 7.89. The highest BCUT2D eigenvalue weighted by atomic mass is 32.2. The third kappa shape index (κ3) is 5.60. The van der Waals surface area contributed by atoms with Gasteiger partial charge in [0.1, 0.15) is 0 Å². The Morgan fingerprint density at radius 2 is 1.60 bits per heavy atom. The SMILES string of the molecule is CCN(CC)S(=O)(=O)c1ccc2[nH]c(=O)cc(C(=O)NCC(=O)Nc3c(C)cc(C)cc3C)c2c1. The molecule has 1 aromatic heterocycles. The van der Waals surface area contributed by atoms with Gasteiger partial charge in [-0.25, -0.2) is 8.42 Å². The maximum absolute atomic E-state index is 13.0. The summed E-state index contributed by atoms with van der Waals surface area (Å²) in [6, 6.07) is 9.22. The number of anilines is 1. The van der Waals surface area contributed by atoms with Gasteiger partial charge in [0.05, 0.1) is 17.0 Å². The summed E-state index contributed by atoms with van der Waals surface area (Å²) in [5.41, 5.74) is 3.36. The van der Waals surface area contributed by atoms with Crippen molar-refractivity contribution < 1.29 is 18.0 Å². The second kappa shape index (κ2) is 10.4. The molecule has 186 valence electrons. The number of hydrogen-bond donors (Lipinski definition) is 3. The fraction of sp³-hybridized carbons (Fsp3) is 0.320. The number of aryl methyl sites for hydroxylation is 3. The van der Waals surface area contributed by atoms with Crippen LogP contribution in [0.2, 0.25) is 0 Å². The molecule has 0 atom stereocenters. The first-order chi connectivity index (χ1) is 16.5. The standard InChI is InChI=1S/C25H30N4O5S/c1-6-29(7-2)35(33,34)18-8-9-21-19(12-18)20(13-22(30)27-21)25(32)26-14-23(31)28-24-16(4)10-15(3)11-17(24)5/h8-13H,6-7,14H2,1-5H3,(H,26,32)(H,27,30)(H,28,31). The van der Waals surface area contributed by atoms with Crippen LogP contribution in [0.25, 0.3) is 10.9 Å². The number of rotatable bonds is 8. The first-order valence-electron chi connectivity index (χ1n) is 11.3. The number of benzene rings is 2. The van der Waals surface area contributed by atoms with Crippen LogP contribution in [-0.4, -0.2) is 49.2 Å². The van der Waals surface area contributed by atoms with E-state index in [4.69, 9.17) is 0 Å². The van der Waals surface area contributed by atoms with Crippen molar-refractivity contribution in [3.63, 3.8) is 0 Å². The lowest BCUT2D eigenvalue weighted by Gasteiger charge is -2.19. The van der Waals surface area contributed by atoms with Gasteiger partial charge in [0.2, 0.25) is 21.5 Å². The van der Waals surface area contributed by atoms with Gasteiger partial charge in [-0.1, -0.05) is 31.5 Å². The lowest BCUT2D eigenvalue weighted by atomic mass is 10.1. The molecule has 35 heavy (non-hydrogen) atoms. The van der Waals surface area contributed by atoms with Gasteiger partial charge in [-0.15, -0.1) is 0 Å². The van der Waals surface area contributed by atoms with E-state index in [-0.39, 0.29) is 22.4 Å². The lowest BCUT2D eigenvalue weighted by Crippen LogP contribution is -2.34. The summed E-state index contributed by atoms with van der Waals surface area (Å²) in [6.07, 6.45) is 0. The Kier molecular flexibility index (Phi) is 7.76. The minimum absolute atomic E-state index is 0.0119. The van der Waals surface area contributed by atoms with Gasteiger partial charge in [0.25, 0.3) is 5.91 Å². The quantitative estimate of drug-likeness (QED) is 0.440. The average molecular weight is 499 g/mol. The van der Waals surface area contributed by atoms with Crippen LogP contribution >= 0.6 is 0 Å². The maximum Gasteiger partial charge on any atom is 0.252 e. The topological polar surface area (TPSA) is 128 Å². The number of carbonyl (C=O) groups is 2.